The van der Waals surface area contributed by atoms with Crippen molar-refractivity contribution in [2.75, 3.05) is 5.73 Å². The van der Waals surface area contributed by atoms with Crippen molar-refractivity contribution < 1.29 is 4.63 Å². The molecule has 1 aromatic carbocycles. The lowest BCUT2D eigenvalue weighted by molar-refractivity contribution is 0.314. The van der Waals surface area contributed by atoms with Gasteiger partial charge in [-0.3, -0.25) is 0 Å². The molecular formula is C16H12N8O. The van der Waals surface area contributed by atoms with Gasteiger partial charge in [-0.1, -0.05) is 18.2 Å². The van der Waals surface area contributed by atoms with Crippen LogP contribution in [0.15, 0.2) is 41.5 Å². The third kappa shape index (κ3) is 1.86. The first-order valence-electron chi connectivity index (χ1n) is 7.60. The van der Waals surface area contributed by atoms with Gasteiger partial charge in [0.25, 0.3) is 0 Å². The largest absolute Gasteiger partial charge is 0.384 e. The molecule has 0 saturated heterocycles. The van der Waals surface area contributed by atoms with Crippen molar-refractivity contribution in [3.63, 3.8) is 0 Å². The summed E-state index contributed by atoms with van der Waals surface area (Å²) in [6.07, 6.45) is 1.74. The van der Waals surface area contributed by atoms with Crippen molar-refractivity contribution in [3.8, 4) is 11.4 Å². The number of allylic oxidation sites excluding steroid dienone is 1. The molecule has 0 fully saturated rings. The molecule has 25 heavy (non-hydrogen) atoms. The lowest BCUT2D eigenvalue weighted by atomic mass is 10.2. The molecule has 0 aliphatic heterocycles. The molecule has 0 atom stereocenters. The van der Waals surface area contributed by atoms with Crippen LogP contribution in [-0.2, 0) is 6.54 Å². The van der Waals surface area contributed by atoms with Crippen molar-refractivity contribution in [2.45, 2.75) is 6.54 Å². The van der Waals surface area contributed by atoms with Gasteiger partial charge in [-0.15, -0.1) is 6.58 Å². The molecule has 3 N–H and O–H groups in total. The Hall–Kier alpha value is -3.75. The molecule has 9 heteroatoms. The summed E-state index contributed by atoms with van der Waals surface area (Å²) >= 11 is 0. The third-order valence-electron chi connectivity index (χ3n) is 4.07. The van der Waals surface area contributed by atoms with Crippen LogP contribution in [0, 0.1) is 0 Å². The standard InChI is InChI=1S/C16H12N8O/c1-2-7-24-12(17)10(13-18-8-5-3-4-6-9(8)19-13)11-16(24)21-15-14(20-11)22-25-23-15/h2-6H,1,7,17H2,(H,18,19). The van der Waals surface area contributed by atoms with E-state index in [1.807, 2.05) is 28.8 Å². The smallest absolute Gasteiger partial charge is 0.245 e. The van der Waals surface area contributed by atoms with Crippen LogP contribution in [-0.4, -0.2) is 34.8 Å². The molecule has 5 aromatic rings. The monoisotopic (exact) mass is 332 g/mol. The first-order valence-corrected chi connectivity index (χ1v) is 7.60. The van der Waals surface area contributed by atoms with Crippen molar-refractivity contribution >= 4 is 39.3 Å². The van der Waals surface area contributed by atoms with E-state index in [1.54, 1.807) is 6.08 Å². The van der Waals surface area contributed by atoms with E-state index in [0.29, 0.717) is 46.2 Å². The van der Waals surface area contributed by atoms with Gasteiger partial charge in [0.15, 0.2) is 5.65 Å². The molecule has 122 valence electrons. The van der Waals surface area contributed by atoms with Gasteiger partial charge in [0, 0.05) is 6.54 Å². The van der Waals surface area contributed by atoms with Crippen LogP contribution in [0.3, 0.4) is 0 Å². The maximum atomic E-state index is 6.40. The Morgan fingerprint density at radius 1 is 1.16 bits per heavy atom. The molecule has 0 aliphatic carbocycles. The van der Waals surface area contributed by atoms with E-state index in [1.165, 1.54) is 0 Å². The Bertz CT molecular complexity index is 1230. The number of nitrogens with zero attached hydrogens (tertiary/aromatic N) is 6. The molecule has 0 spiro atoms. The highest BCUT2D eigenvalue weighted by Crippen LogP contribution is 2.35. The Morgan fingerprint density at radius 3 is 2.76 bits per heavy atom. The summed E-state index contributed by atoms with van der Waals surface area (Å²) in [4.78, 5) is 16.9. The van der Waals surface area contributed by atoms with E-state index in [4.69, 9.17) is 10.4 Å². The zero-order valence-corrected chi connectivity index (χ0v) is 13.0. The molecule has 5 rings (SSSR count). The molecule has 0 radical (unpaired) electrons. The number of fused-ring (bicyclic) bond motifs is 3. The van der Waals surface area contributed by atoms with E-state index in [9.17, 15) is 0 Å². The van der Waals surface area contributed by atoms with E-state index < -0.39 is 0 Å². The van der Waals surface area contributed by atoms with Crippen LogP contribution >= 0.6 is 0 Å². The second-order valence-corrected chi connectivity index (χ2v) is 5.57. The van der Waals surface area contributed by atoms with Crippen LogP contribution in [0.1, 0.15) is 0 Å². The summed E-state index contributed by atoms with van der Waals surface area (Å²) in [6.45, 7) is 4.26. The molecule has 0 unspecified atom stereocenters. The van der Waals surface area contributed by atoms with Crippen LogP contribution in [0.5, 0.6) is 0 Å². The number of nitrogens with two attached hydrogens (primary N) is 1. The number of anilines is 1. The topological polar surface area (TPSA) is 124 Å². The number of benzene rings is 1. The highest BCUT2D eigenvalue weighted by Gasteiger charge is 2.23. The summed E-state index contributed by atoms with van der Waals surface area (Å²) in [7, 11) is 0. The number of aromatic amines is 1. The predicted octanol–water partition coefficient (Wildman–Crippen LogP) is 2.28. The van der Waals surface area contributed by atoms with Gasteiger partial charge in [-0.2, -0.15) is 0 Å². The molecular weight excluding hydrogens is 320 g/mol. The second-order valence-electron chi connectivity index (χ2n) is 5.57. The lowest BCUT2D eigenvalue weighted by Gasteiger charge is -2.02. The fourth-order valence-electron chi connectivity index (χ4n) is 2.97. The zero-order chi connectivity index (χ0) is 17.0. The first-order chi connectivity index (χ1) is 12.3. The molecule has 4 heterocycles. The number of aromatic nitrogens is 7. The first kappa shape index (κ1) is 13.7. The fraction of sp³-hybridized carbons (Fsp3) is 0.0625. The molecule has 0 bridgehead atoms. The molecule has 4 aromatic heterocycles. The fourth-order valence-corrected chi connectivity index (χ4v) is 2.97. The minimum absolute atomic E-state index is 0.320. The highest BCUT2D eigenvalue weighted by molar-refractivity contribution is 6.00. The Kier molecular flexibility index (Phi) is 2.66. The average molecular weight is 332 g/mol. The van der Waals surface area contributed by atoms with Crippen LogP contribution in [0.4, 0.5) is 5.82 Å². The van der Waals surface area contributed by atoms with E-state index in [-0.39, 0.29) is 0 Å². The van der Waals surface area contributed by atoms with Crippen molar-refractivity contribution in [3.05, 3.63) is 36.9 Å². The van der Waals surface area contributed by atoms with Gasteiger partial charge < -0.3 is 15.3 Å². The quantitative estimate of drug-likeness (QED) is 0.485. The van der Waals surface area contributed by atoms with Crippen molar-refractivity contribution in [1.29, 1.82) is 0 Å². The number of nitrogen functional groups attached to an aromatic ring is 1. The average Bonchev–Trinajstić information content (AvgIpc) is 3.30. The number of imidazole rings is 1. The Balaban J connectivity index is 1.89. The molecule has 0 saturated carbocycles. The van der Waals surface area contributed by atoms with E-state index >= 15 is 0 Å². The van der Waals surface area contributed by atoms with Crippen LogP contribution in [0.2, 0.25) is 0 Å². The predicted molar refractivity (Wildman–Crippen MR) is 92.6 cm³/mol. The van der Waals surface area contributed by atoms with Crippen molar-refractivity contribution in [1.82, 2.24) is 34.8 Å². The maximum absolute atomic E-state index is 6.40. The number of rotatable bonds is 3. The SMILES string of the molecule is C=CCn1c(N)c(-c2nc3ccccc3[nH]2)c2nc3nonc3nc21. The second kappa shape index (κ2) is 4.87. The third-order valence-corrected chi connectivity index (χ3v) is 4.07. The normalized spacial score (nSPS) is 11.7. The molecule has 9 nitrogen and oxygen atoms in total. The number of H-pyrrole nitrogens is 1. The maximum Gasteiger partial charge on any atom is 0.245 e. The van der Waals surface area contributed by atoms with Crippen molar-refractivity contribution in [2.24, 2.45) is 0 Å². The van der Waals surface area contributed by atoms with Gasteiger partial charge in [0.2, 0.25) is 11.3 Å². The van der Waals surface area contributed by atoms with Crippen LogP contribution in [0.25, 0.3) is 44.9 Å². The number of para-hydroxylation sites is 2. The van der Waals surface area contributed by atoms with Gasteiger partial charge in [0.1, 0.15) is 17.2 Å². The number of hydrogen-bond acceptors (Lipinski definition) is 7. The summed E-state index contributed by atoms with van der Waals surface area (Å²) in [5.41, 5.74) is 10.6. The zero-order valence-electron chi connectivity index (χ0n) is 13.0. The van der Waals surface area contributed by atoms with Crippen LogP contribution < -0.4 is 5.73 Å². The summed E-state index contributed by atoms with van der Waals surface area (Å²) in [5, 5.41) is 7.52. The van der Waals surface area contributed by atoms with Gasteiger partial charge in [-0.25, -0.2) is 19.6 Å². The minimum Gasteiger partial charge on any atom is -0.384 e. The van der Waals surface area contributed by atoms with E-state index in [0.717, 1.165) is 11.0 Å². The Morgan fingerprint density at radius 2 is 1.96 bits per heavy atom. The lowest BCUT2D eigenvalue weighted by Crippen LogP contribution is -2.02. The van der Waals surface area contributed by atoms with Gasteiger partial charge in [-0.05, 0) is 22.4 Å². The molecule has 0 amide bonds. The van der Waals surface area contributed by atoms with Gasteiger partial charge >= 0.3 is 0 Å². The highest BCUT2D eigenvalue weighted by atomic mass is 16.6. The summed E-state index contributed by atoms with van der Waals surface area (Å²) in [5.74, 6) is 1.12. The number of hydrogen-bond donors (Lipinski definition) is 2. The number of nitrogens with one attached hydrogen (secondary N) is 1. The minimum atomic E-state index is 0.320. The summed E-state index contributed by atoms with van der Waals surface area (Å²) < 4.78 is 6.53. The Labute approximate surface area is 140 Å². The van der Waals surface area contributed by atoms with Gasteiger partial charge in [0.05, 0.1) is 16.6 Å². The summed E-state index contributed by atoms with van der Waals surface area (Å²) in [6, 6.07) is 7.76. The van der Waals surface area contributed by atoms with E-state index in [2.05, 4.69) is 36.8 Å². The molecule has 0 aliphatic rings.